The molecular weight excluding hydrogens is 296 g/mol. The van der Waals surface area contributed by atoms with Gasteiger partial charge in [0.05, 0.1) is 21.3 Å². The zero-order valence-corrected chi connectivity index (χ0v) is 13.8. The predicted octanol–water partition coefficient (Wildman–Crippen LogP) is 1.73. The van der Waals surface area contributed by atoms with Crippen molar-refractivity contribution in [1.82, 2.24) is 10.6 Å². The average molecular weight is 320 g/mol. The Morgan fingerprint density at radius 3 is 2.09 bits per heavy atom. The highest BCUT2D eigenvalue weighted by Crippen LogP contribution is 2.38. The van der Waals surface area contributed by atoms with E-state index in [-0.39, 0.29) is 11.9 Å². The fraction of sp³-hybridized carbons (Fsp3) is 0.588. The van der Waals surface area contributed by atoms with E-state index in [0.29, 0.717) is 34.9 Å². The van der Waals surface area contributed by atoms with Crippen LogP contribution in [0.5, 0.6) is 17.2 Å². The van der Waals surface area contributed by atoms with Crippen molar-refractivity contribution in [3.63, 3.8) is 0 Å². The maximum Gasteiger partial charge on any atom is 0.251 e. The molecule has 2 saturated heterocycles. The van der Waals surface area contributed by atoms with E-state index in [9.17, 15) is 4.79 Å². The van der Waals surface area contributed by atoms with Crippen LogP contribution in [0, 0.1) is 0 Å². The van der Waals surface area contributed by atoms with E-state index >= 15 is 0 Å². The molecule has 2 N–H and O–H groups in total. The van der Waals surface area contributed by atoms with E-state index in [4.69, 9.17) is 14.2 Å². The van der Waals surface area contributed by atoms with Crippen LogP contribution < -0.4 is 24.8 Å². The Kier molecular flexibility index (Phi) is 4.61. The minimum atomic E-state index is -0.101. The van der Waals surface area contributed by atoms with Crippen LogP contribution in [-0.4, -0.2) is 45.4 Å². The number of ether oxygens (including phenoxy) is 3. The molecule has 126 valence electrons. The largest absolute Gasteiger partial charge is 0.493 e. The fourth-order valence-corrected chi connectivity index (χ4v) is 3.66. The van der Waals surface area contributed by atoms with Gasteiger partial charge in [0.25, 0.3) is 5.91 Å². The van der Waals surface area contributed by atoms with Gasteiger partial charge in [-0.2, -0.15) is 0 Å². The normalized spacial score (nSPS) is 25.8. The third kappa shape index (κ3) is 3.22. The summed E-state index contributed by atoms with van der Waals surface area (Å²) in [6, 6.07) is 4.68. The minimum Gasteiger partial charge on any atom is -0.493 e. The first kappa shape index (κ1) is 15.9. The third-order valence-electron chi connectivity index (χ3n) is 4.74. The van der Waals surface area contributed by atoms with Crippen molar-refractivity contribution < 1.29 is 19.0 Å². The van der Waals surface area contributed by atoms with Crippen LogP contribution in [0.1, 0.15) is 36.0 Å². The first-order valence-corrected chi connectivity index (χ1v) is 8.01. The standard InChI is InChI=1S/C17H24N2O4/c1-21-14-6-10(7-15(22-2)16(14)23-3)17(20)19-13-8-11-4-5-12(9-13)18-11/h6-7,11-13,18H,4-5,8-9H2,1-3H3,(H,19,20). The molecule has 2 fully saturated rings. The number of carbonyl (C=O) groups excluding carboxylic acids is 1. The summed E-state index contributed by atoms with van der Waals surface area (Å²) in [7, 11) is 4.64. The molecule has 6 heteroatoms. The summed E-state index contributed by atoms with van der Waals surface area (Å²) in [5.74, 6) is 1.37. The molecule has 6 nitrogen and oxygen atoms in total. The zero-order valence-electron chi connectivity index (χ0n) is 13.8. The molecule has 0 aliphatic carbocycles. The number of fused-ring (bicyclic) bond motifs is 2. The van der Waals surface area contributed by atoms with Crippen LogP contribution in [0.3, 0.4) is 0 Å². The van der Waals surface area contributed by atoms with Crippen LogP contribution in [0.15, 0.2) is 12.1 Å². The van der Waals surface area contributed by atoms with Crippen LogP contribution in [-0.2, 0) is 0 Å². The highest BCUT2D eigenvalue weighted by molar-refractivity contribution is 5.95. The summed E-state index contributed by atoms with van der Waals surface area (Å²) >= 11 is 0. The Labute approximate surface area is 136 Å². The lowest BCUT2D eigenvalue weighted by atomic mass is 9.99. The molecule has 2 unspecified atom stereocenters. The summed E-state index contributed by atoms with van der Waals surface area (Å²) in [5, 5.41) is 6.72. The first-order chi connectivity index (χ1) is 11.1. The van der Waals surface area contributed by atoms with Crippen LogP contribution in [0.25, 0.3) is 0 Å². The summed E-state index contributed by atoms with van der Waals surface area (Å²) < 4.78 is 15.9. The van der Waals surface area contributed by atoms with Gasteiger partial charge in [-0.25, -0.2) is 0 Å². The van der Waals surface area contributed by atoms with Crippen molar-refractivity contribution in [1.29, 1.82) is 0 Å². The molecule has 1 amide bonds. The minimum absolute atomic E-state index is 0.101. The summed E-state index contributed by atoms with van der Waals surface area (Å²) in [6.07, 6.45) is 4.40. The highest BCUT2D eigenvalue weighted by Gasteiger charge is 2.34. The Balaban J connectivity index is 1.76. The highest BCUT2D eigenvalue weighted by atomic mass is 16.5. The van der Waals surface area contributed by atoms with Gasteiger partial charge in [-0.1, -0.05) is 0 Å². The number of carbonyl (C=O) groups is 1. The molecule has 1 aromatic carbocycles. The fourth-order valence-electron chi connectivity index (χ4n) is 3.66. The van der Waals surface area contributed by atoms with E-state index < -0.39 is 0 Å². The molecule has 23 heavy (non-hydrogen) atoms. The average Bonchev–Trinajstić information content (AvgIpc) is 2.91. The SMILES string of the molecule is COc1cc(C(=O)NC2CC3CCC(C2)N3)cc(OC)c1OC. The van der Waals surface area contributed by atoms with Crippen molar-refractivity contribution in [2.75, 3.05) is 21.3 Å². The molecule has 2 atom stereocenters. The smallest absolute Gasteiger partial charge is 0.251 e. The quantitative estimate of drug-likeness (QED) is 0.865. The number of piperidine rings is 1. The van der Waals surface area contributed by atoms with Crippen LogP contribution in [0.4, 0.5) is 0 Å². The van der Waals surface area contributed by atoms with Crippen molar-refractivity contribution in [3.8, 4) is 17.2 Å². The van der Waals surface area contributed by atoms with Gasteiger partial charge in [-0.3, -0.25) is 4.79 Å². The Bertz CT molecular complexity index is 553. The van der Waals surface area contributed by atoms with E-state index in [2.05, 4.69) is 10.6 Å². The van der Waals surface area contributed by atoms with Gasteiger partial charge < -0.3 is 24.8 Å². The number of methoxy groups -OCH3 is 3. The predicted molar refractivity (Wildman–Crippen MR) is 86.5 cm³/mol. The van der Waals surface area contributed by atoms with Crippen LogP contribution >= 0.6 is 0 Å². The lowest BCUT2D eigenvalue weighted by Crippen LogP contribution is -2.48. The summed E-state index contributed by atoms with van der Waals surface area (Å²) in [4.78, 5) is 12.6. The Morgan fingerprint density at radius 1 is 1.04 bits per heavy atom. The van der Waals surface area contributed by atoms with E-state index in [1.54, 1.807) is 33.5 Å². The second-order valence-corrected chi connectivity index (χ2v) is 6.19. The molecule has 2 bridgehead atoms. The molecule has 2 heterocycles. The maximum atomic E-state index is 12.6. The molecular formula is C17H24N2O4. The number of hydrogen-bond donors (Lipinski definition) is 2. The monoisotopic (exact) mass is 320 g/mol. The Morgan fingerprint density at radius 2 is 1.61 bits per heavy atom. The van der Waals surface area contributed by atoms with Crippen molar-refractivity contribution in [2.24, 2.45) is 0 Å². The third-order valence-corrected chi connectivity index (χ3v) is 4.74. The van der Waals surface area contributed by atoms with Gasteiger partial charge in [0, 0.05) is 23.7 Å². The number of nitrogens with one attached hydrogen (secondary N) is 2. The number of rotatable bonds is 5. The molecule has 0 radical (unpaired) electrons. The molecule has 0 aromatic heterocycles. The summed E-state index contributed by atoms with van der Waals surface area (Å²) in [6.45, 7) is 0. The van der Waals surface area contributed by atoms with Gasteiger partial charge in [0.15, 0.2) is 11.5 Å². The van der Waals surface area contributed by atoms with E-state index in [0.717, 1.165) is 12.8 Å². The number of amides is 1. The molecule has 3 rings (SSSR count). The number of hydrogen-bond acceptors (Lipinski definition) is 5. The maximum absolute atomic E-state index is 12.6. The molecule has 2 aliphatic rings. The van der Waals surface area contributed by atoms with Crippen molar-refractivity contribution >= 4 is 5.91 Å². The lowest BCUT2D eigenvalue weighted by Gasteiger charge is -2.29. The lowest BCUT2D eigenvalue weighted by molar-refractivity contribution is 0.0923. The van der Waals surface area contributed by atoms with Crippen LogP contribution in [0.2, 0.25) is 0 Å². The summed E-state index contributed by atoms with van der Waals surface area (Å²) in [5.41, 5.74) is 0.519. The molecule has 2 aliphatic heterocycles. The van der Waals surface area contributed by atoms with Gasteiger partial charge in [-0.05, 0) is 37.8 Å². The topological polar surface area (TPSA) is 68.8 Å². The first-order valence-electron chi connectivity index (χ1n) is 8.01. The molecule has 0 saturated carbocycles. The van der Waals surface area contributed by atoms with Gasteiger partial charge in [0.2, 0.25) is 5.75 Å². The second kappa shape index (κ2) is 6.66. The van der Waals surface area contributed by atoms with E-state index in [1.165, 1.54) is 12.8 Å². The molecule has 1 aromatic rings. The van der Waals surface area contributed by atoms with Gasteiger partial charge in [-0.15, -0.1) is 0 Å². The second-order valence-electron chi connectivity index (χ2n) is 6.19. The van der Waals surface area contributed by atoms with Crippen molar-refractivity contribution in [2.45, 2.75) is 43.8 Å². The van der Waals surface area contributed by atoms with Gasteiger partial charge in [0.1, 0.15) is 0 Å². The Hall–Kier alpha value is -1.95. The van der Waals surface area contributed by atoms with Crippen molar-refractivity contribution in [3.05, 3.63) is 17.7 Å². The number of benzene rings is 1. The zero-order chi connectivity index (χ0) is 16.4. The van der Waals surface area contributed by atoms with Gasteiger partial charge >= 0.3 is 0 Å². The molecule has 0 spiro atoms. The van der Waals surface area contributed by atoms with E-state index in [1.807, 2.05) is 0 Å².